The molecule has 0 aliphatic carbocycles. The van der Waals surface area contributed by atoms with E-state index >= 15 is 0 Å². The van der Waals surface area contributed by atoms with Gasteiger partial charge in [0.15, 0.2) is 11.5 Å². The van der Waals surface area contributed by atoms with Crippen LogP contribution in [0.1, 0.15) is 5.56 Å². The maximum absolute atomic E-state index is 6.19. The number of aromatic nitrogens is 3. The van der Waals surface area contributed by atoms with Crippen LogP contribution in [0.5, 0.6) is 0 Å². The van der Waals surface area contributed by atoms with E-state index in [9.17, 15) is 0 Å². The molecular weight excluding hydrogens is 274 g/mol. The Kier molecular flexibility index (Phi) is 3.20. The highest BCUT2D eigenvalue weighted by Gasteiger charge is 2.12. The topological polar surface area (TPSA) is 59.5 Å². The molecule has 0 aliphatic rings. The van der Waals surface area contributed by atoms with E-state index in [1.807, 2.05) is 46.8 Å². The highest BCUT2D eigenvalue weighted by Crippen LogP contribution is 2.22. The second-order valence-electron chi connectivity index (χ2n) is 4.59. The minimum Gasteiger partial charge on any atom is -0.382 e. The maximum Gasteiger partial charge on any atom is 0.180 e. The van der Waals surface area contributed by atoms with Gasteiger partial charge in [0.1, 0.15) is 5.82 Å². The molecule has 2 heterocycles. The minimum atomic E-state index is 0.455. The van der Waals surface area contributed by atoms with Crippen molar-refractivity contribution in [2.45, 2.75) is 6.54 Å². The summed E-state index contributed by atoms with van der Waals surface area (Å²) in [6, 6.07) is 7.75. The van der Waals surface area contributed by atoms with Gasteiger partial charge in [-0.15, -0.1) is 0 Å². The van der Waals surface area contributed by atoms with Crippen molar-refractivity contribution < 1.29 is 0 Å². The van der Waals surface area contributed by atoms with Crippen molar-refractivity contribution in [3.63, 3.8) is 0 Å². The fraction of sp³-hybridized carbons (Fsp3) is 0.143. The van der Waals surface area contributed by atoms with E-state index < -0.39 is 0 Å². The summed E-state index contributed by atoms with van der Waals surface area (Å²) >= 11 is 6.19. The first kappa shape index (κ1) is 12.7. The zero-order valence-corrected chi connectivity index (χ0v) is 11.7. The van der Waals surface area contributed by atoms with Crippen molar-refractivity contribution in [2.24, 2.45) is 0 Å². The number of hydrogen-bond donors (Lipinski definition) is 1. The van der Waals surface area contributed by atoms with Gasteiger partial charge in [0.05, 0.1) is 6.20 Å². The molecule has 0 radical (unpaired) electrons. The molecule has 0 saturated heterocycles. The van der Waals surface area contributed by atoms with Crippen molar-refractivity contribution in [1.82, 2.24) is 14.4 Å². The van der Waals surface area contributed by atoms with Gasteiger partial charge >= 0.3 is 0 Å². The third kappa shape index (κ3) is 2.28. The molecule has 0 bridgehead atoms. The lowest BCUT2D eigenvalue weighted by molar-refractivity contribution is 0.894. The van der Waals surface area contributed by atoms with Gasteiger partial charge in [0.2, 0.25) is 0 Å². The first-order valence-corrected chi connectivity index (χ1v) is 6.56. The molecule has 2 N–H and O–H groups in total. The Balaban J connectivity index is 1.98. The molecule has 0 amide bonds. The summed E-state index contributed by atoms with van der Waals surface area (Å²) < 4.78 is 1.86. The lowest BCUT2D eigenvalue weighted by Gasteiger charge is -2.19. The van der Waals surface area contributed by atoms with E-state index in [0.717, 1.165) is 22.1 Å². The smallest absolute Gasteiger partial charge is 0.180 e. The molecule has 20 heavy (non-hydrogen) atoms. The van der Waals surface area contributed by atoms with Gasteiger partial charge in [-0.25, -0.2) is 9.97 Å². The Bertz CT molecular complexity index is 752. The number of anilines is 2. The number of nitrogens with zero attached hydrogens (tertiary/aromatic N) is 4. The highest BCUT2D eigenvalue weighted by molar-refractivity contribution is 6.31. The summed E-state index contributed by atoms with van der Waals surface area (Å²) in [6.07, 6.45) is 5.32. The van der Waals surface area contributed by atoms with Gasteiger partial charge in [-0.3, -0.25) is 0 Å². The molecule has 6 heteroatoms. The predicted molar refractivity (Wildman–Crippen MR) is 81.0 cm³/mol. The molecule has 0 atom stereocenters. The van der Waals surface area contributed by atoms with E-state index in [2.05, 4.69) is 9.97 Å². The fourth-order valence-corrected chi connectivity index (χ4v) is 2.34. The molecule has 3 rings (SSSR count). The molecule has 0 aliphatic heterocycles. The Hall–Kier alpha value is -2.27. The molecule has 5 nitrogen and oxygen atoms in total. The van der Waals surface area contributed by atoms with Crippen LogP contribution in [-0.4, -0.2) is 21.4 Å². The Morgan fingerprint density at radius 3 is 2.95 bits per heavy atom. The number of fused-ring (bicyclic) bond motifs is 1. The number of nitrogen functional groups attached to an aromatic ring is 1. The zero-order chi connectivity index (χ0) is 14.1. The van der Waals surface area contributed by atoms with E-state index in [1.165, 1.54) is 0 Å². The maximum atomic E-state index is 6.19. The third-order valence-electron chi connectivity index (χ3n) is 3.10. The van der Waals surface area contributed by atoms with E-state index in [-0.39, 0.29) is 0 Å². The second-order valence-corrected chi connectivity index (χ2v) is 5.00. The fourth-order valence-electron chi connectivity index (χ4n) is 2.15. The summed E-state index contributed by atoms with van der Waals surface area (Å²) in [6.45, 7) is 0.638. The predicted octanol–water partition coefficient (Wildman–Crippen LogP) is 2.60. The molecule has 0 fully saturated rings. The van der Waals surface area contributed by atoms with E-state index in [1.54, 1.807) is 12.4 Å². The lowest BCUT2D eigenvalue weighted by Crippen LogP contribution is -2.19. The van der Waals surface area contributed by atoms with Crippen molar-refractivity contribution in [3.05, 3.63) is 53.4 Å². The van der Waals surface area contributed by atoms with Crippen LogP contribution in [-0.2, 0) is 6.54 Å². The summed E-state index contributed by atoms with van der Waals surface area (Å²) in [7, 11) is 1.94. The first-order valence-electron chi connectivity index (χ1n) is 6.19. The lowest BCUT2D eigenvalue weighted by atomic mass is 10.2. The highest BCUT2D eigenvalue weighted by atomic mass is 35.5. The monoisotopic (exact) mass is 287 g/mol. The molecule has 2 aromatic heterocycles. The van der Waals surface area contributed by atoms with E-state index in [4.69, 9.17) is 17.3 Å². The van der Waals surface area contributed by atoms with Crippen LogP contribution in [0, 0.1) is 0 Å². The standard InChI is InChI=1S/C14H14ClN5/c1-19(8-10-4-2-3-5-11(10)15)14-13-17-6-7-20(13)9-12(16)18-14/h2-7,9H,8,16H2,1H3. The van der Waals surface area contributed by atoms with Crippen molar-refractivity contribution in [2.75, 3.05) is 17.7 Å². The number of benzene rings is 1. The average molecular weight is 288 g/mol. The van der Waals surface area contributed by atoms with Crippen LogP contribution < -0.4 is 10.6 Å². The van der Waals surface area contributed by atoms with Crippen LogP contribution >= 0.6 is 11.6 Å². The number of imidazole rings is 1. The average Bonchev–Trinajstić information content (AvgIpc) is 2.88. The number of nitrogens with two attached hydrogens (primary N) is 1. The molecular formula is C14H14ClN5. The normalized spacial score (nSPS) is 10.9. The summed E-state index contributed by atoms with van der Waals surface area (Å²) in [5.74, 6) is 1.19. The van der Waals surface area contributed by atoms with Crippen molar-refractivity contribution in [1.29, 1.82) is 0 Å². The van der Waals surface area contributed by atoms with E-state index in [0.29, 0.717) is 12.4 Å². The van der Waals surface area contributed by atoms with Crippen LogP contribution in [0.25, 0.3) is 5.65 Å². The Morgan fingerprint density at radius 2 is 2.15 bits per heavy atom. The number of hydrogen-bond acceptors (Lipinski definition) is 4. The summed E-state index contributed by atoms with van der Waals surface area (Å²) in [4.78, 5) is 10.7. The van der Waals surface area contributed by atoms with Gasteiger partial charge in [-0.2, -0.15) is 0 Å². The third-order valence-corrected chi connectivity index (χ3v) is 3.47. The quantitative estimate of drug-likeness (QED) is 0.804. The number of rotatable bonds is 3. The molecule has 102 valence electrons. The minimum absolute atomic E-state index is 0.455. The van der Waals surface area contributed by atoms with Gasteiger partial charge in [0, 0.05) is 31.0 Å². The Labute approximate surface area is 121 Å². The number of halogens is 1. The molecule has 1 aromatic carbocycles. The van der Waals surface area contributed by atoms with Crippen molar-refractivity contribution in [3.8, 4) is 0 Å². The van der Waals surface area contributed by atoms with Gasteiger partial charge < -0.3 is 15.0 Å². The van der Waals surface area contributed by atoms with Crippen LogP contribution in [0.4, 0.5) is 11.6 Å². The largest absolute Gasteiger partial charge is 0.382 e. The van der Waals surface area contributed by atoms with Gasteiger partial charge in [0.25, 0.3) is 0 Å². The second kappa shape index (κ2) is 5.02. The summed E-state index contributed by atoms with van der Waals surface area (Å²) in [5.41, 5.74) is 7.64. The molecule has 3 aromatic rings. The summed E-state index contributed by atoms with van der Waals surface area (Å²) in [5, 5.41) is 0.739. The van der Waals surface area contributed by atoms with Gasteiger partial charge in [-0.1, -0.05) is 29.8 Å². The molecule has 0 spiro atoms. The van der Waals surface area contributed by atoms with Gasteiger partial charge in [-0.05, 0) is 11.6 Å². The Morgan fingerprint density at radius 1 is 1.35 bits per heavy atom. The van der Waals surface area contributed by atoms with Crippen molar-refractivity contribution >= 4 is 28.9 Å². The van der Waals surface area contributed by atoms with Crippen LogP contribution in [0.15, 0.2) is 42.9 Å². The molecule has 0 saturated carbocycles. The molecule has 0 unspecified atom stereocenters. The SMILES string of the molecule is CN(Cc1ccccc1Cl)c1nc(N)cn2ccnc12. The van der Waals surface area contributed by atoms with Crippen LogP contribution in [0.3, 0.4) is 0 Å². The first-order chi connectivity index (χ1) is 9.65. The van der Waals surface area contributed by atoms with Crippen LogP contribution in [0.2, 0.25) is 5.02 Å². The zero-order valence-electron chi connectivity index (χ0n) is 11.0.